The van der Waals surface area contributed by atoms with Crippen LogP contribution in [0.3, 0.4) is 0 Å². The molecule has 2 N–H and O–H groups in total. The second-order valence-corrected chi connectivity index (χ2v) is 14.9. The van der Waals surface area contributed by atoms with Gasteiger partial charge in [0.15, 0.2) is 0 Å². The summed E-state index contributed by atoms with van der Waals surface area (Å²) >= 11 is 0. The summed E-state index contributed by atoms with van der Waals surface area (Å²) in [5.74, 6) is 13.2. The normalized spacial score (nSPS) is 51.8. The Bertz CT molecular complexity index is 1140. The molecule has 0 radical (unpaired) electrons. The molecule has 6 fully saturated rings. The molecule has 8 bridgehead atoms. The highest BCUT2D eigenvalue weighted by atomic mass is 31.2. The number of fused-ring (bicyclic) bond motifs is 18. The summed E-state index contributed by atoms with van der Waals surface area (Å²) in [4.78, 5) is 19.6. The maximum absolute atomic E-state index is 9.80. The topological polar surface area (TPSA) is 49.7 Å². The molecule has 8 aliphatic rings. The third-order valence-electron chi connectivity index (χ3n) is 13.2. The molecule has 0 aromatic heterocycles. The van der Waals surface area contributed by atoms with E-state index in [1.54, 1.807) is 0 Å². The SMILES string of the molecule is OP(O)Oc1cccc(CC2CC3CC2C2C4C=CC(C4)C32)c1CC1CC2CC1C1C3C=CC(C3)C21. The molecule has 36 heavy (non-hydrogen) atoms. The van der Waals surface area contributed by atoms with Gasteiger partial charge in [0.05, 0.1) is 0 Å². The van der Waals surface area contributed by atoms with Crippen molar-refractivity contribution in [2.45, 2.75) is 51.4 Å². The van der Waals surface area contributed by atoms with E-state index in [1.807, 2.05) is 6.07 Å². The van der Waals surface area contributed by atoms with E-state index >= 15 is 0 Å². The van der Waals surface area contributed by atoms with E-state index in [0.29, 0.717) is 0 Å². The predicted octanol–water partition coefficient (Wildman–Crippen LogP) is 6.55. The third kappa shape index (κ3) is 2.92. The van der Waals surface area contributed by atoms with Crippen LogP contribution in [0.25, 0.3) is 0 Å². The smallest absolute Gasteiger partial charge is 0.391 e. The van der Waals surface area contributed by atoms with Gasteiger partial charge in [-0.05, 0) is 151 Å². The highest BCUT2D eigenvalue weighted by Gasteiger charge is 2.62. The lowest BCUT2D eigenvalue weighted by Crippen LogP contribution is -2.33. The van der Waals surface area contributed by atoms with Crippen molar-refractivity contribution in [1.82, 2.24) is 0 Å². The predicted molar refractivity (Wildman–Crippen MR) is 141 cm³/mol. The number of rotatable bonds is 6. The van der Waals surface area contributed by atoms with Gasteiger partial charge >= 0.3 is 8.60 Å². The Kier molecular flexibility index (Phi) is 4.66. The van der Waals surface area contributed by atoms with Gasteiger partial charge in [-0.1, -0.05) is 36.4 Å². The molecule has 0 spiro atoms. The lowest BCUT2D eigenvalue weighted by atomic mass is 9.67. The van der Waals surface area contributed by atoms with Crippen molar-refractivity contribution in [1.29, 1.82) is 0 Å². The molecule has 0 saturated heterocycles. The van der Waals surface area contributed by atoms with Gasteiger partial charge in [0.2, 0.25) is 0 Å². The van der Waals surface area contributed by atoms with Gasteiger partial charge in [-0.25, -0.2) is 0 Å². The fraction of sp³-hybridized carbons (Fsp3) is 0.688. The van der Waals surface area contributed by atoms with Crippen LogP contribution in [0, 0.1) is 82.9 Å². The molecule has 0 amide bonds. The van der Waals surface area contributed by atoms with Crippen LogP contribution < -0.4 is 4.52 Å². The Hall–Kier alpha value is -1.15. The Morgan fingerprint density at radius 3 is 1.81 bits per heavy atom. The van der Waals surface area contributed by atoms with Crippen molar-refractivity contribution in [3.63, 3.8) is 0 Å². The summed E-state index contributed by atoms with van der Waals surface area (Å²) < 4.78 is 5.70. The third-order valence-corrected chi connectivity index (χ3v) is 13.5. The molecule has 1 aromatic carbocycles. The standard InChI is InChI=1S/C32H39O3P/c33-36(34)35-28-3-1-2-16(8-21-11-23-14-26(21)31-19-6-4-17(9-19)29(23)31)25(28)13-22-12-24-15-27(22)32-20-7-5-18(10-20)30(24)32/h1-7,17-24,26-27,29-34H,8-15H2. The van der Waals surface area contributed by atoms with Crippen LogP contribution in [0.1, 0.15) is 49.7 Å². The van der Waals surface area contributed by atoms with Crippen LogP contribution in [-0.2, 0) is 12.8 Å². The highest BCUT2D eigenvalue weighted by Crippen LogP contribution is 2.69. The minimum Gasteiger partial charge on any atom is -0.427 e. The summed E-state index contributed by atoms with van der Waals surface area (Å²) in [6.45, 7) is 0. The second-order valence-electron chi connectivity index (χ2n) is 14.2. The molecule has 4 heteroatoms. The number of hydrogen-bond donors (Lipinski definition) is 2. The largest absolute Gasteiger partial charge is 0.427 e. The van der Waals surface area contributed by atoms with Crippen LogP contribution >= 0.6 is 8.60 Å². The Morgan fingerprint density at radius 1 is 0.667 bits per heavy atom. The fourth-order valence-corrected chi connectivity index (χ4v) is 12.9. The minimum absolute atomic E-state index is 0.733. The Morgan fingerprint density at radius 2 is 1.22 bits per heavy atom. The molecule has 0 aliphatic heterocycles. The van der Waals surface area contributed by atoms with E-state index in [9.17, 15) is 9.79 Å². The molecular weight excluding hydrogens is 463 g/mol. The van der Waals surface area contributed by atoms with E-state index < -0.39 is 8.60 Å². The maximum atomic E-state index is 9.80. The van der Waals surface area contributed by atoms with Crippen molar-refractivity contribution in [3.05, 3.63) is 53.6 Å². The van der Waals surface area contributed by atoms with Crippen molar-refractivity contribution in [3.8, 4) is 5.75 Å². The van der Waals surface area contributed by atoms with Crippen LogP contribution in [0.4, 0.5) is 0 Å². The lowest BCUT2D eigenvalue weighted by Gasteiger charge is -2.38. The lowest BCUT2D eigenvalue weighted by molar-refractivity contribution is 0.146. The Balaban J connectivity index is 1.00. The van der Waals surface area contributed by atoms with E-state index in [1.165, 1.54) is 49.7 Å². The molecule has 8 aliphatic carbocycles. The van der Waals surface area contributed by atoms with Crippen molar-refractivity contribution in [2.75, 3.05) is 0 Å². The van der Waals surface area contributed by atoms with E-state index in [-0.39, 0.29) is 0 Å². The average Bonchev–Trinajstić information content (AvgIpc) is 3.70. The molecule has 9 rings (SSSR count). The Labute approximate surface area is 216 Å². The summed E-state index contributed by atoms with van der Waals surface area (Å²) in [6.07, 6.45) is 21.0. The molecule has 14 unspecified atom stereocenters. The molecule has 1 aromatic rings. The van der Waals surface area contributed by atoms with Gasteiger partial charge in [-0.15, -0.1) is 0 Å². The fourth-order valence-electron chi connectivity index (χ4n) is 12.5. The van der Waals surface area contributed by atoms with Gasteiger partial charge in [-0.3, -0.25) is 0 Å². The van der Waals surface area contributed by atoms with Gasteiger partial charge in [0, 0.05) is 0 Å². The first-order valence-electron chi connectivity index (χ1n) is 15.0. The zero-order chi connectivity index (χ0) is 23.7. The van der Waals surface area contributed by atoms with Gasteiger partial charge < -0.3 is 14.3 Å². The first-order valence-corrected chi connectivity index (χ1v) is 16.1. The first kappa shape index (κ1) is 21.7. The molecule has 190 valence electrons. The van der Waals surface area contributed by atoms with Crippen LogP contribution in [0.5, 0.6) is 5.75 Å². The zero-order valence-corrected chi connectivity index (χ0v) is 21.9. The van der Waals surface area contributed by atoms with E-state index in [4.69, 9.17) is 4.52 Å². The highest BCUT2D eigenvalue weighted by molar-refractivity contribution is 7.39. The van der Waals surface area contributed by atoms with E-state index in [2.05, 4.69) is 36.4 Å². The number of allylic oxidation sites excluding steroid dienone is 4. The summed E-state index contributed by atoms with van der Waals surface area (Å²) in [5.41, 5.74) is 2.76. The zero-order valence-electron chi connectivity index (χ0n) is 21.0. The maximum Gasteiger partial charge on any atom is 0.391 e. The molecular formula is C32H39O3P. The quantitative estimate of drug-likeness (QED) is 0.263. The van der Waals surface area contributed by atoms with Crippen LogP contribution in [0.2, 0.25) is 0 Å². The monoisotopic (exact) mass is 502 g/mol. The van der Waals surface area contributed by atoms with Gasteiger partial charge in [0.1, 0.15) is 5.75 Å². The molecule has 0 heterocycles. The minimum atomic E-state index is -2.39. The van der Waals surface area contributed by atoms with Crippen molar-refractivity contribution >= 4 is 8.60 Å². The molecule has 14 atom stereocenters. The van der Waals surface area contributed by atoms with Gasteiger partial charge in [-0.2, -0.15) is 0 Å². The van der Waals surface area contributed by atoms with E-state index in [0.717, 1.165) is 101 Å². The van der Waals surface area contributed by atoms with Crippen LogP contribution in [0.15, 0.2) is 42.5 Å². The average molecular weight is 503 g/mol. The van der Waals surface area contributed by atoms with Crippen LogP contribution in [-0.4, -0.2) is 9.79 Å². The summed E-state index contributed by atoms with van der Waals surface area (Å²) in [5, 5.41) is 0. The summed E-state index contributed by atoms with van der Waals surface area (Å²) in [7, 11) is -2.39. The molecule has 6 saturated carbocycles. The molecule has 3 nitrogen and oxygen atoms in total. The number of benzene rings is 1. The summed E-state index contributed by atoms with van der Waals surface area (Å²) in [6, 6.07) is 6.44. The number of hydrogen-bond acceptors (Lipinski definition) is 3. The van der Waals surface area contributed by atoms with Crippen molar-refractivity contribution in [2.24, 2.45) is 82.9 Å². The van der Waals surface area contributed by atoms with Crippen molar-refractivity contribution < 1.29 is 14.3 Å². The first-order chi connectivity index (χ1) is 17.6. The second kappa shape index (κ2) is 7.71. The van der Waals surface area contributed by atoms with Gasteiger partial charge in [0.25, 0.3) is 0 Å².